The van der Waals surface area contributed by atoms with E-state index in [-0.39, 0.29) is 24.5 Å². The number of carbonyl (C=O) groups is 2. The molecule has 0 aromatic heterocycles. The molecule has 1 aromatic carbocycles. The molecule has 5 nitrogen and oxygen atoms in total. The van der Waals surface area contributed by atoms with Gasteiger partial charge in [0.2, 0.25) is 5.91 Å². The molecule has 0 bridgehead atoms. The zero-order valence-corrected chi connectivity index (χ0v) is 13.3. The van der Waals surface area contributed by atoms with Crippen LogP contribution in [0.1, 0.15) is 39.2 Å². The summed E-state index contributed by atoms with van der Waals surface area (Å²) in [5.74, 6) is -0.374. The Labute approximate surface area is 130 Å². The molecule has 2 rings (SSSR count). The van der Waals surface area contributed by atoms with Gasteiger partial charge in [0.15, 0.2) is 0 Å². The van der Waals surface area contributed by atoms with Gasteiger partial charge in [0.05, 0.1) is 12.5 Å². The first-order chi connectivity index (χ1) is 10.4. The van der Waals surface area contributed by atoms with Crippen LogP contribution in [0, 0.1) is 0 Å². The Morgan fingerprint density at radius 3 is 2.55 bits per heavy atom. The molecule has 1 aliphatic carbocycles. The van der Waals surface area contributed by atoms with Crippen LogP contribution in [0.5, 0.6) is 5.75 Å². The van der Waals surface area contributed by atoms with Gasteiger partial charge in [-0.05, 0) is 51.3 Å². The number of carboxylic acids is 1. The molecule has 1 saturated carbocycles. The summed E-state index contributed by atoms with van der Waals surface area (Å²) in [6, 6.07) is 6.70. The lowest BCUT2D eigenvalue weighted by molar-refractivity contribution is -0.149. The fraction of sp³-hybridized carbons (Fsp3) is 0.529. The van der Waals surface area contributed by atoms with E-state index in [0.29, 0.717) is 0 Å². The number of hydrogen-bond donors (Lipinski definition) is 1. The average Bonchev–Trinajstić information content (AvgIpc) is 3.22. The van der Waals surface area contributed by atoms with Crippen LogP contribution < -0.4 is 4.74 Å². The Kier molecular flexibility index (Phi) is 5.06. The normalized spacial score (nSPS) is 15.5. The van der Waals surface area contributed by atoms with Crippen LogP contribution in [0.2, 0.25) is 0 Å². The third kappa shape index (κ3) is 4.23. The first-order valence-corrected chi connectivity index (χ1v) is 7.68. The van der Waals surface area contributed by atoms with Gasteiger partial charge < -0.3 is 14.7 Å². The van der Waals surface area contributed by atoms with E-state index in [1.807, 2.05) is 38.1 Å². The number of hydrogen-bond acceptors (Lipinski definition) is 3. The smallest absolute Gasteiger partial charge is 0.326 e. The molecule has 0 saturated heterocycles. The molecule has 1 fully saturated rings. The maximum absolute atomic E-state index is 12.5. The number of rotatable bonds is 7. The first kappa shape index (κ1) is 16.3. The second-order valence-corrected chi connectivity index (χ2v) is 6.04. The van der Waals surface area contributed by atoms with E-state index in [1.54, 1.807) is 6.92 Å². The van der Waals surface area contributed by atoms with Gasteiger partial charge in [0, 0.05) is 6.04 Å². The molecule has 22 heavy (non-hydrogen) atoms. The second-order valence-electron chi connectivity index (χ2n) is 6.04. The van der Waals surface area contributed by atoms with E-state index in [4.69, 9.17) is 4.74 Å². The van der Waals surface area contributed by atoms with Gasteiger partial charge in [-0.25, -0.2) is 4.79 Å². The van der Waals surface area contributed by atoms with Crippen molar-refractivity contribution in [2.45, 2.75) is 58.2 Å². The Hall–Kier alpha value is -2.04. The molecular formula is C17H23NO4. The van der Waals surface area contributed by atoms with Gasteiger partial charge in [-0.3, -0.25) is 4.79 Å². The minimum absolute atomic E-state index is 0.0703. The minimum atomic E-state index is -0.961. The van der Waals surface area contributed by atoms with Crippen LogP contribution in [0.4, 0.5) is 0 Å². The van der Waals surface area contributed by atoms with Gasteiger partial charge in [-0.2, -0.15) is 0 Å². The van der Waals surface area contributed by atoms with Crippen molar-refractivity contribution in [1.82, 2.24) is 4.90 Å². The third-order valence-electron chi connectivity index (χ3n) is 3.63. The zero-order valence-electron chi connectivity index (χ0n) is 13.3. The molecule has 0 radical (unpaired) electrons. The van der Waals surface area contributed by atoms with Crippen molar-refractivity contribution in [2.24, 2.45) is 0 Å². The number of aliphatic carboxylic acids is 1. The van der Waals surface area contributed by atoms with Crippen molar-refractivity contribution in [3.8, 4) is 5.75 Å². The summed E-state index contributed by atoms with van der Waals surface area (Å²) in [7, 11) is 0. The SMILES string of the molecule is CC(C)Oc1cccc(CC(=O)N(C2CC2)C(C)C(=O)O)c1. The van der Waals surface area contributed by atoms with Gasteiger partial charge >= 0.3 is 5.97 Å². The van der Waals surface area contributed by atoms with E-state index >= 15 is 0 Å². The maximum Gasteiger partial charge on any atom is 0.326 e. The largest absolute Gasteiger partial charge is 0.491 e. The lowest BCUT2D eigenvalue weighted by atomic mass is 10.1. The van der Waals surface area contributed by atoms with Crippen LogP contribution in [0.3, 0.4) is 0 Å². The van der Waals surface area contributed by atoms with Crippen LogP contribution in [0.25, 0.3) is 0 Å². The average molecular weight is 305 g/mol. The zero-order chi connectivity index (χ0) is 16.3. The fourth-order valence-corrected chi connectivity index (χ4v) is 2.47. The van der Waals surface area contributed by atoms with Crippen molar-refractivity contribution in [1.29, 1.82) is 0 Å². The van der Waals surface area contributed by atoms with E-state index in [2.05, 4.69) is 0 Å². The summed E-state index contributed by atoms with van der Waals surface area (Å²) in [6.07, 6.45) is 2.05. The van der Waals surface area contributed by atoms with Crippen LogP contribution in [-0.2, 0) is 16.0 Å². The lowest BCUT2D eigenvalue weighted by Gasteiger charge is -2.26. The summed E-state index contributed by atoms with van der Waals surface area (Å²) in [4.78, 5) is 25.2. The molecule has 1 amide bonds. The van der Waals surface area contributed by atoms with Crippen molar-refractivity contribution in [3.63, 3.8) is 0 Å². The van der Waals surface area contributed by atoms with Crippen molar-refractivity contribution >= 4 is 11.9 Å². The molecule has 1 atom stereocenters. The summed E-state index contributed by atoms with van der Waals surface area (Å²) < 4.78 is 5.62. The number of carboxylic acid groups (broad SMARTS) is 1. The Morgan fingerprint density at radius 2 is 2.00 bits per heavy atom. The van der Waals surface area contributed by atoms with E-state index < -0.39 is 12.0 Å². The second kappa shape index (κ2) is 6.81. The number of carbonyl (C=O) groups excluding carboxylic acids is 1. The molecule has 120 valence electrons. The predicted molar refractivity (Wildman–Crippen MR) is 82.9 cm³/mol. The lowest BCUT2D eigenvalue weighted by Crippen LogP contribution is -2.45. The highest BCUT2D eigenvalue weighted by molar-refractivity contribution is 5.85. The van der Waals surface area contributed by atoms with Crippen molar-refractivity contribution < 1.29 is 19.4 Å². The van der Waals surface area contributed by atoms with Crippen LogP contribution in [-0.4, -0.2) is 40.1 Å². The topological polar surface area (TPSA) is 66.8 Å². The quantitative estimate of drug-likeness (QED) is 0.840. The van der Waals surface area contributed by atoms with E-state index in [0.717, 1.165) is 24.2 Å². The molecule has 1 unspecified atom stereocenters. The predicted octanol–water partition coefficient (Wildman–Crippen LogP) is 2.48. The third-order valence-corrected chi connectivity index (χ3v) is 3.63. The summed E-state index contributed by atoms with van der Waals surface area (Å²) >= 11 is 0. The highest BCUT2D eigenvalue weighted by Crippen LogP contribution is 2.29. The first-order valence-electron chi connectivity index (χ1n) is 7.68. The number of nitrogens with zero attached hydrogens (tertiary/aromatic N) is 1. The molecule has 5 heteroatoms. The number of amides is 1. The monoisotopic (exact) mass is 305 g/mol. The van der Waals surface area contributed by atoms with Gasteiger partial charge in [0.1, 0.15) is 11.8 Å². The highest BCUT2D eigenvalue weighted by atomic mass is 16.5. The van der Waals surface area contributed by atoms with E-state index in [1.165, 1.54) is 4.90 Å². The van der Waals surface area contributed by atoms with Crippen LogP contribution >= 0.6 is 0 Å². The van der Waals surface area contributed by atoms with Crippen molar-refractivity contribution in [2.75, 3.05) is 0 Å². The standard InChI is InChI=1S/C17H23NO4/c1-11(2)22-15-6-4-5-13(9-15)10-16(19)18(14-7-8-14)12(3)17(20)21/h4-6,9,11-12,14H,7-8,10H2,1-3H3,(H,20,21). The Morgan fingerprint density at radius 1 is 1.32 bits per heavy atom. The molecule has 0 spiro atoms. The maximum atomic E-state index is 12.5. The summed E-state index contributed by atoms with van der Waals surface area (Å²) in [5.41, 5.74) is 0.839. The fourth-order valence-electron chi connectivity index (χ4n) is 2.47. The van der Waals surface area contributed by atoms with Crippen molar-refractivity contribution in [3.05, 3.63) is 29.8 Å². The molecular weight excluding hydrogens is 282 g/mol. The molecule has 1 aliphatic rings. The van der Waals surface area contributed by atoms with E-state index in [9.17, 15) is 14.7 Å². The van der Waals surface area contributed by atoms with Gasteiger partial charge in [0.25, 0.3) is 0 Å². The molecule has 0 heterocycles. The molecule has 0 aliphatic heterocycles. The Bertz CT molecular complexity index is 551. The van der Waals surface area contributed by atoms with Gasteiger partial charge in [-0.1, -0.05) is 12.1 Å². The number of ether oxygens (including phenoxy) is 1. The summed E-state index contributed by atoms with van der Waals surface area (Å²) in [6.45, 7) is 5.46. The van der Waals surface area contributed by atoms with Crippen LogP contribution in [0.15, 0.2) is 24.3 Å². The Balaban J connectivity index is 2.08. The number of benzene rings is 1. The molecule has 1 aromatic rings. The minimum Gasteiger partial charge on any atom is -0.491 e. The highest BCUT2D eigenvalue weighted by Gasteiger charge is 2.38. The summed E-state index contributed by atoms with van der Waals surface area (Å²) in [5, 5.41) is 9.17. The molecule has 1 N–H and O–H groups in total. The van der Waals surface area contributed by atoms with Gasteiger partial charge in [-0.15, -0.1) is 0 Å².